The molecule has 0 aliphatic carbocycles. The summed E-state index contributed by atoms with van der Waals surface area (Å²) in [7, 11) is 0. The summed E-state index contributed by atoms with van der Waals surface area (Å²) >= 11 is 5.96. The number of carbonyl (C=O) groups excluding carboxylic acids is 1. The van der Waals surface area contributed by atoms with Crippen LogP contribution in [0.5, 0.6) is 0 Å². The van der Waals surface area contributed by atoms with Gasteiger partial charge in [-0.15, -0.1) is 0 Å². The lowest BCUT2D eigenvalue weighted by Gasteiger charge is -2.31. The highest BCUT2D eigenvalue weighted by atomic mass is 35.5. The van der Waals surface area contributed by atoms with E-state index in [4.69, 9.17) is 21.0 Å². The van der Waals surface area contributed by atoms with Crippen molar-refractivity contribution in [3.8, 4) is 0 Å². The Kier molecular flexibility index (Phi) is 5.44. The zero-order chi connectivity index (χ0) is 19.5. The van der Waals surface area contributed by atoms with Gasteiger partial charge in [-0.05, 0) is 42.7 Å². The van der Waals surface area contributed by atoms with Crippen LogP contribution in [0.3, 0.4) is 0 Å². The van der Waals surface area contributed by atoms with Gasteiger partial charge in [-0.1, -0.05) is 29.8 Å². The van der Waals surface area contributed by atoms with Crippen molar-refractivity contribution in [2.24, 2.45) is 0 Å². The number of likely N-dealkylation sites (tertiary alicyclic amines) is 1. The fourth-order valence-electron chi connectivity index (χ4n) is 3.64. The van der Waals surface area contributed by atoms with Gasteiger partial charge in [0.05, 0.1) is 0 Å². The summed E-state index contributed by atoms with van der Waals surface area (Å²) in [6.07, 6.45) is 4.03. The lowest BCUT2D eigenvalue weighted by atomic mass is 9.92. The van der Waals surface area contributed by atoms with E-state index in [0.29, 0.717) is 30.6 Å². The molecule has 1 fully saturated rings. The fraction of sp³-hybridized carbons (Fsp3) is 0.318. The summed E-state index contributed by atoms with van der Waals surface area (Å²) in [5.74, 6) is 0.827. The van der Waals surface area contributed by atoms with Crippen molar-refractivity contribution in [1.29, 1.82) is 0 Å². The molecule has 3 heterocycles. The van der Waals surface area contributed by atoms with Crippen LogP contribution < -0.4 is 0 Å². The Balaban J connectivity index is 1.39. The second-order valence-corrected chi connectivity index (χ2v) is 7.61. The topological polar surface area (TPSA) is 59.2 Å². The van der Waals surface area contributed by atoms with Gasteiger partial charge in [-0.25, -0.2) is 4.98 Å². The molecule has 0 unspecified atom stereocenters. The quantitative estimate of drug-likeness (QED) is 0.645. The molecule has 3 aromatic rings. The van der Waals surface area contributed by atoms with Crippen LogP contribution in [0.2, 0.25) is 5.02 Å². The zero-order valence-electron chi connectivity index (χ0n) is 15.8. The number of rotatable bonds is 4. The van der Waals surface area contributed by atoms with Crippen LogP contribution in [-0.2, 0) is 6.42 Å². The van der Waals surface area contributed by atoms with Crippen LogP contribution in [0, 0.1) is 6.92 Å². The SMILES string of the molecule is Cc1nc(C(=O)N2CCC(c3cccc(Cc4ccc(Cl)cc4)n3)CC2)co1. The van der Waals surface area contributed by atoms with E-state index in [2.05, 4.69) is 23.2 Å². The molecule has 0 bridgehead atoms. The molecule has 0 spiro atoms. The van der Waals surface area contributed by atoms with E-state index in [1.54, 1.807) is 6.92 Å². The summed E-state index contributed by atoms with van der Waals surface area (Å²) in [4.78, 5) is 23.4. The molecular weight excluding hydrogens is 374 g/mol. The van der Waals surface area contributed by atoms with Crippen molar-refractivity contribution in [1.82, 2.24) is 14.9 Å². The number of carbonyl (C=O) groups is 1. The summed E-state index contributed by atoms with van der Waals surface area (Å²) < 4.78 is 5.16. The number of halogens is 1. The maximum Gasteiger partial charge on any atom is 0.275 e. The minimum atomic E-state index is -0.0558. The highest BCUT2D eigenvalue weighted by molar-refractivity contribution is 6.30. The molecule has 1 aromatic carbocycles. The van der Waals surface area contributed by atoms with Crippen molar-refractivity contribution in [2.75, 3.05) is 13.1 Å². The molecule has 4 rings (SSSR count). The van der Waals surface area contributed by atoms with Crippen molar-refractivity contribution in [3.63, 3.8) is 0 Å². The number of aryl methyl sites for hydroxylation is 1. The third-order valence-electron chi connectivity index (χ3n) is 5.17. The van der Waals surface area contributed by atoms with Crippen molar-refractivity contribution < 1.29 is 9.21 Å². The van der Waals surface area contributed by atoms with Crippen molar-refractivity contribution in [3.05, 3.63) is 82.3 Å². The lowest BCUT2D eigenvalue weighted by molar-refractivity contribution is 0.0706. The normalized spacial score (nSPS) is 15.0. The molecule has 0 N–H and O–H groups in total. The van der Waals surface area contributed by atoms with E-state index >= 15 is 0 Å². The Labute approximate surface area is 169 Å². The smallest absolute Gasteiger partial charge is 0.275 e. The highest BCUT2D eigenvalue weighted by Gasteiger charge is 2.26. The summed E-state index contributed by atoms with van der Waals surface area (Å²) in [5.41, 5.74) is 3.74. The Hall–Kier alpha value is -2.66. The first-order valence-corrected chi connectivity index (χ1v) is 9.88. The number of hydrogen-bond acceptors (Lipinski definition) is 4. The number of hydrogen-bond donors (Lipinski definition) is 0. The number of amides is 1. The van der Waals surface area contributed by atoms with Gasteiger partial charge in [-0.2, -0.15) is 0 Å². The number of oxazole rings is 1. The summed E-state index contributed by atoms with van der Waals surface area (Å²) in [5, 5.41) is 0.743. The molecule has 2 aromatic heterocycles. The standard InChI is InChI=1S/C22H22ClN3O2/c1-15-24-21(14-28-15)22(27)26-11-9-17(10-12-26)20-4-2-3-19(25-20)13-16-5-7-18(23)8-6-16/h2-8,14,17H,9-13H2,1H3. The molecule has 0 radical (unpaired) electrons. The first kappa shape index (κ1) is 18.7. The van der Waals surface area contributed by atoms with Gasteiger partial charge < -0.3 is 9.32 Å². The van der Waals surface area contributed by atoms with Crippen LogP contribution in [0.15, 0.2) is 53.1 Å². The van der Waals surface area contributed by atoms with Crippen molar-refractivity contribution >= 4 is 17.5 Å². The van der Waals surface area contributed by atoms with Gasteiger partial charge in [0, 0.05) is 48.8 Å². The average molecular weight is 396 g/mol. The first-order chi connectivity index (χ1) is 13.6. The van der Waals surface area contributed by atoms with E-state index in [1.807, 2.05) is 29.2 Å². The largest absolute Gasteiger partial charge is 0.448 e. The van der Waals surface area contributed by atoms with E-state index in [-0.39, 0.29) is 5.91 Å². The van der Waals surface area contributed by atoms with Crippen LogP contribution in [-0.4, -0.2) is 33.9 Å². The van der Waals surface area contributed by atoms with E-state index < -0.39 is 0 Å². The molecule has 1 amide bonds. The molecule has 1 aliphatic heterocycles. The Morgan fingerprint density at radius 3 is 2.57 bits per heavy atom. The molecule has 0 atom stereocenters. The minimum absolute atomic E-state index is 0.0558. The fourth-order valence-corrected chi connectivity index (χ4v) is 3.76. The Bertz CT molecular complexity index is 960. The third kappa shape index (κ3) is 4.25. The van der Waals surface area contributed by atoms with Crippen LogP contribution in [0.25, 0.3) is 0 Å². The third-order valence-corrected chi connectivity index (χ3v) is 5.42. The second-order valence-electron chi connectivity index (χ2n) is 7.18. The number of nitrogens with zero attached hydrogens (tertiary/aromatic N) is 3. The second kappa shape index (κ2) is 8.15. The van der Waals surface area contributed by atoms with Gasteiger partial charge in [0.25, 0.3) is 5.91 Å². The molecule has 1 saturated heterocycles. The minimum Gasteiger partial charge on any atom is -0.448 e. The van der Waals surface area contributed by atoms with Crippen LogP contribution in [0.4, 0.5) is 0 Å². The van der Waals surface area contributed by atoms with Crippen LogP contribution in [0.1, 0.15) is 52.1 Å². The van der Waals surface area contributed by atoms with Gasteiger partial charge in [0.2, 0.25) is 0 Å². The molecule has 5 nitrogen and oxygen atoms in total. The average Bonchev–Trinajstić information content (AvgIpc) is 3.16. The lowest BCUT2D eigenvalue weighted by Crippen LogP contribution is -2.38. The number of pyridine rings is 1. The number of benzene rings is 1. The van der Waals surface area contributed by atoms with Gasteiger partial charge in [-0.3, -0.25) is 9.78 Å². The van der Waals surface area contributed by atoms with Gasteiger partial charge in [0.15, 0.2) is 11.6 Å². The zero-order valence-corrected chi connectivity index (χ0v) is 16.5. The highest BCUT2D eigenvalue weighted by Crippen LogP contribution is 2.28. The van der Waals surface area contributed by atoms with Gasteiger partial charge >= 0.3 is 0 Å². The van der Waals surface area contributed by atoms with Crippen LogP contribution >= 0.6 is 11.6 Å². The molecular formula is C22H22ClN3O2. The van der Waals surface area contributed by atoms with E-state index in [1.165, 1.54) is 11.8 Å². The van der Waals surface area contributed by atoms with Crippen molar-refractivity contribution in [2.45, 2.75) is 32.1 Å². The molecule has 6 heteroatoms. The summed E-state index contributed by atoms with van der Waals surface area (Å²) in [6.45, 7) is 3.16. The predicted octanol–water partition coefficient (Wildman–Crippen LogP) is 4.64. The van der Waals surface area contributed by atoms with E-state index in [9.17, 15) is 4.79 Å². The molecule has 1 aliphatic rings. The molecule has 28 heavy (non-hydrogen) atoms. The monoisotopic (exact) mass is 395 g/mol. The molecule has 0 saturated carbocycles. The maximum atomic E-state index is 12.5. The predicted molar refractivity (Wildman–Crippen MR) is 108 cm³/mol. The number of aromatic nitrogens is 2. The Morgan fingerprint density at radius 1 is 1.14 bits per heavy atom. The first-order valence-electron chi connectivity index (χ1n) is 9.50. The Morgan fingerprint density at radius 2 is 1.89 bits per heavy atom. The van der Waals surface area contributed by atoms with Gasteiger partial charge in [0.1, 0.15) is 6.26 Å². The molecule has 144 valence electrons. The number of piperidine rings is 1. The van der Waals surface area contributed by atoms with E-state index in [0.717, 1.165) is 35.7 Å². The maximum absolute atomic E-state index is 12.5. The summed E-state index contributed by atoms with van der Waals surface area (Å²) in [6, 6.07) is 14.1.